The molecule has 0 amide bonds. The normalized spacial score (nSPS) is 9.80. The number of aryl methyl sites for hydroxylation is 1. The van der Waals surface area contributed by atoms with Crippen molar-refractivity contribution in [3.8, 4) is 0 Å². The smallest absolute Gasteiger partial charge is 0.0559 e. The number of nitrogen functional groups attached to an aromatic ring is 2. The first-order valence-corrected chi connectivity index (χ1v) is 3.71. The van der Waals surface area contributed by atoms with Crippen LogP contribution in [0, 0.1) is 6.92 Å². The minimum absolute atomic E-state index is 0.623. The van der Waals surface area contributed by atoms with Crippen molar-refractivity contribution in [2.45, 2.75) is 6.92 Å². The van der Waals surface area contributed by atoms with Gasteiger partial charge in [0.2, 0.25) is 0 Å². The average Bonchev–Trinajstić information content (AvgIpc) is 1.84. The molecule has 0 unspecified atom stereocenters. The zero-order chi connectivity index (χ0) is 7.72. The fourth-order valence-corrected chi connectivity index (χ4v) is 1.08. The number of nitrogens with two attached hydrogens (primary N) is 2. The molecule has 0 aliphatic carbocycles. The van der Waals surface area contributed by atoms with E-state index in [4.69, 9.17) is 11.5 Å². The Morgan fingerprint density at radius 2 is 1.70 bits per heavy atom. The van der Waals surface area contributed by atoms with E-state index in [1.807, 2.05) is 19.1 Å². The van der Waals surface area contributed by atoms with Gasteiger partial charge in [0.05, 0.1) is 11.4 Å². The molecule has 3 heteroatoms. The number of halogens is 1. The van der Waals surface area contributed by atoms with Gasteiger partial charge in [-0.2, -0.15) is 0 Å². The van der Waals surface area contributed by atoms with Crippen molar-refractivity contribution in [3.05, 3.63) is 22.2 Å². The predicted octanol–water partition coefficient (Wildman–Crippen LogP) is 1.92. The number of hydrogen-bond acceptors (Lipinski definition) is 2. The lowest BCUT2D eigenvalue weighted by molar-refractivity contribution is 1.43. The predicted molar refractivity (Wildman–Crippen MR) is 47.7 cm³/mol. The van der Waals surface area contributed by atoms with Gasteiger partial charge in [0, 0.05) is 4.47 Å². The molecule has 0 fully saturated rings. The molecule has 0 aromatic heterocycles. The molecule has 0 heterocycles. The molecule has 0 aliphatic rings. The third kappa shape index (κ3) is 1.24. The first kappa shape index (κ1) is 7.41. The molecule has 1 aromatic carbocycles. The van der Waals surface area contributed by atoms with Crippen molar-refractivity contribution in [1.82, 2.24) is 0 Å². The molecule has 0 radical (unpaired) electrons. The van der Waals surface area contributed by atoms with Crippen LogP contribution in [0.2, 0.25) is 0 Å². The SMILES string of the molecule is Cc1cc(N)c(N)cc1Br. The van der Waals surface area contributed by atoms with Crippen molar-refractivity contribution >= 4 is 27.3 Å². The summed E-state index contributed by atoms with van der Waals surface area (Å²) in [6.07, 6.45) is 0. The molecule has 0 saturated carbocycles. The molecule has 0 aliphatic heterocycles. The lowest BCUT2D eigenvalue weighted by Crippen LogP contribution is -1.94. The standard InChI is InChI=1S/C7H9BrN2/c1-4-2-6(9)7(10)3-5(4)8/h2-3H,9-10H2,1H3. The molecule has 4 N–H and O–H groups in total. The second-order valence-corrected chi connectivity index (χ2v) is 3.08. The first-order valence-electron chi connectivity index (χ1n) is 2.92. The van der Waals surface area contributed by atoms with Crippen molar-refractivity contribution < 1.29 is 0 Å². The highest BCUT2D eigenvalue weighted by atomic mass is 79.9. The van der Waals surface area contributed by atoms with Crippen molar-refractivity contribution in [2.24, 2.45) is 0 Å². The maximum absolute atomic E-state index is 5.54. The van der Waals surface area contributed by atoms with E-state index in [1.165, 1.54) is 0 Å². The summed E-state index contributed by atoms with van der Waals surface area (Å²) >= 11 is 3.34. The number of rotatable bonds is 0. The Hall–Kier alpha value is -0.700. The van der Waals surface area contributed by atoms with Crippen LogP contribution < -0.4 is 11.5 Å². The Kier molecular flexibility index (Phi) is 1.85. The quantitative estimate of drug-likeness (QED) is 0.630. The van der Waals surface area contributed by atoms with E-state index in [0.29, 0.717) is 11.4 Å². The highest BCUT2D eigenvalue weighted by Gasteiger charge is 1.97. The molecular formula is C7H9BrN2. The second-order valence-electron chi connectivity index (χ2n) is 2.23. The van der Waals surface area contributed by atoms with E-state index >= 15 is 0 Å². The molecular weight excluding hydrogens is 192 g/mol. The first-order chi connectivity index (χ1) is 4.61. The van der Waals surface area contributed by atoms with Crippen LogP contribution in [0.5, 0.6) is 0 Å². The maximum Gasteiger partial charge on any atom is 0.0559 e. The number of benzene rings is 1. The third-order valence-corrected chi connectivity index (χ3v) is 2.22. The molecule has 0 saturated heterocycles. The monoisotopic (exact) mass is 200 g/mol. The van der Waals surface area contributed by atoms with Crippen LogP contribution in [0.3, 0.4) is 0 Å². The minimum atomic E-state index is 0.623. The summed E-state index contributed by atoms with van der Waals surface area (Å²) in [6, 6.07) is 3.66. The summed E-state index contributed by atoms with van der Waals surface area (Å²) in [4.78, 5) is 0. The van der Waals surface area contributed by atoms with Gasteiger partial charge in [-0.1, -0.05) is 15.9 Å². The minimum Gasteiger partial charge on any atom is -0.397 e. The van der Waals surface area contributed by atoms with Crippen molar-refractivity contribution in [3.63, 3.8) is 0 Å². The molecule has 0 bridgehead atoms. The van der Waals surface area contributed by atoms with Crippen LogP contribution in [-0.2, 0) is 0 Å². The highest BCUT2D eigenvalue weighted by Crippen LogP contribution is 2.24. The number of hydrogen-bond donors (Lipinski definition) is 2. The summed E-state index contributed by atoms with van der Waals surface area (Å²) in [7, 11) is 0. The largest absolute Gasteiger partial charge is 0.397 e. The fourth-order valence-electron chi connectivity index (χ4n) is 0.719. The number of anilines is 2. The lowest BCUT2D eigenvalue weighted by Gasteiger charge is -2.02. The van der Waals surface area contributed by atoms with E-state index in [-0.39, 0.29) is 0 Å². The van der Waals surface area contributed by atoms with Gasteiger partial charge in [0.1, 0.15) is 0 Å². The van der Waals surface area contributed by atoms with Crippen LogP contribution in [-0.4, -0.2) is 0 Å². The van der Waals surface area contributed by atoms with Gasteiger partial charge in [0.15, 0.2) is 0 Å². The van der Waals surface area contributed by atoms with Crippen LogP contribution in [0.1, 0.15) is 5.56 Å². The van der Waals surface area contributed by atoms with Crippen molar-refractivity contribution in [2.75, 3.05) is 11.5 Å². The fraction of sp³-hybridized carbons (Fsp3) is 0.143. The summed E-state index contributed by atoms with van der Waals surface area (Å²) in [5.41, 5.74) is 13.4. The zero-order valence-electron chi connectivity index (χ0n) is 5.69. The third-order valence-electron chi connectivity index (χ3n) is 1.36. The van der Waals surface area contributed by atoms with Crippen LogP contribution >= 0.6 is 15.9 Å². The van der Waals surface area contributed by atoms with E-state index < -0.39 is 0 Å². The molecule has 1 rings (SSSR count). The summed E-state index contributed by atoms with van der Waals surface area (Å²) in [6.45, 7) is 1.97. The van der Waals surface area contributed by atoms with E-state index in [9.17, 15) is 0 Å². The van der Waals surface area contributed by atoms with Gasteiger partial charge >= 0.3 is 0 Å². The second kappa shape index (κ2) is 2.50. The molecule has 0 atom stereocenters. The average molecular weight is 201 g/mol. The van der Waals surface area contributed by atoms with Crippen molar-refractivity contribution in [1.29, 1.82) is 0 Å². The maximum atomic E-state index is 5.54. The van der Waals surface area contributed by atoms with Gasteiger partial charge in [-0.15, -0.1) is 0 Å². The van der Waals surface area contributed by atoms with E-state index in [0.717, 1.165) is 10.0 Å². The Bertz CT molecular complexity index is 208. The Balaban J connectivity index is 3.28. The topological polar surface area (TPSA) is 52.0 Å². The van der Waals surface area contributed by atoms with E-state index in [2.05, 4.69) is 15.9 Å². The molecule has 1 aromatic rings. The van der Waals surface area contributed by atoms with Gasteiger partial charge < -0.3 is 11.5 Å². The lowest BCUT2D eigenvalue weighted by atomic mass is 10.2. The molecule has 10 heavy (non-hydrogen) atoms. The van der Waals surface area contributed by atoms with Gasteiger partial charge in [-0.05, 0) is 24.6 Å². The van der Waals surface area contributed by atoms with Gasteiger partial charge in [-0.25, -0.2) is 0 Å². The molecule has 2 nitrogen and oxygen atoms in total. The summed E-state index contributed by atoms with van der Waals surface area (Å²) in [5, 5.41) is 0. The van der Waals surface area contributed by atoms with Crippen LogP contribution in [0.25, 0.3) is 0 Å². The zero-order valence-corrected chi connectivity index (χ0v) is 7.27. The van der Waals surface area contributed by atoms with Gasteiger partial charge in [-0.3, -0.25) is 0 Å². The highest BCUT2D eigenvalue weighted by molar-refractivity contribution is 9.10. The summed E-state index contributed by atoms with van der Waals surface area (Å²) < 4.78 is 0.999. The summed E-state index contributed by atoms with van der Waals surface area (Å²) in [5.74, 6) is 0. The Morgan fingerprint density at radius 3 is 2.20 bits per heavy atom. The Labute approximate surface area is 68.3 Å². The molecule has 54 valence electrons. The van der Waals surface area contributed by atoms with Gasteiger partial charge in [0.25, 0.3) is 0 Å². The Morgan fingerprint density at radius 1 is 1.20 bits per heavy atom. The molecule has 0 spiro atoms. The van der Waals surface area contributed by atoms with Crippen LogP contribution in [0.4, 0.5) is 11.4 Å². The van der Waals surface area contributed by atoms with Crippen LogP contribution in [0.15, 0.2) is 16.6 Å². The van der Waals surface area contributed by atoms with E-state index in [1.54, 1.807) is 0 Å².